The molecule has 1 rings (SSSR count). The van der Waals surface area contributed by atoms with Crippen molar-refractivity contribution in [1.82, 2.24) is 0 Å². The second-order valence-electron chi connectivity index (χ2n) is 4.38. The Hall–Kier alpha value is -2.21. The molecule has 138 valence electrons. The molecule has 1 aromatic carbocycles. The van der Waals surface area contributed by atoms with Crippen LogP contribution in [0.25, 0.3) is 0 Å². The fourth-order valence-electron chi connectivity index (χ4n) is 1.63. The lowest BCUT2D eigenvalue weighted by Crippen LogP contribution is -2.25. The van der Waals surface area contributed by atoms with E-state index in [1.165, 1.54) is 21.6 Å². The van der Waals surface area contributed by atoms with E-state index < -0.39 is 28.9 Å². The van der Waals surface area contributed by atoms with Crippen LogP contribution >= 0.6 is 21.6 Å². The van der Waals surface area contributed by atoms with Crippen LogP contribution in [0.15, 0.2) is 29.2 Å². The first-order valence-corrected chi connectivity index (χ1v) is 9.40. The van der Waals surface area contributed by atoms with Gasteiger partial charge in [0.1, 0.15) is 12.7 Å². The molecule has 0 aliphatic heterocycles. The molecule has 0 bridgehead atoms. The highest BCUT2D eigenvalue weighted by atomic mass is 33.1. The van der Waals surface area contributed by atoms with Crippen LogP contribution in [0.2, 0.25) is 0 Å². The Morgan fingerprint density at radius 1 is 1.24 bits per heavy atom. The molecule has 0 heterocycles. The lowest BCUT2D eigenvalue weighted by atomic mass is 10.2. The Labute approximate surface area is 150 Å². The molecule has 0 aliphatic rings. The van der Waals surface area contributed by atoms with Gasteiger partial charge in [-0.05, 0) is 25.5 Å². The molecule has 0 amide bonds. The maximum atomic E-state index is 11.9. The van der Waals surface area contributed by atoms with Gasteiger partial charge in [0.25, 0.3) is 10.2 Å². The molecule has 1 unspecified atom stereocenters. The van der Waals surface area contributed by atoms with E-state index in [4.69, 9.17) is 4.74 Å². The summed E-state index contributed by atoms with van der Waals surface area (Å²) < 4.78 is 4.97. The van der Waals surface area contributed by atoms with Crippen molar-refractivity contribution >= 4 is 27.6 Å². The fourth-order valence-corrected chi connectivity index (χ4v) is 3.93. The first-order chi connectivity index (χ1) is 11.9. The number of carbonyl (C=O) groups excluding carboxylic acids is 1. The minimum absolute atomic E-state index is 0.161. The predicted molar refractivity (Wildman–Crippen MR) is 90.1 cm³/mol. The zero-order valence-electron chi connectivity index (χ0n) is 13.2. The molecule has 0 saturated carbocycles. The second-order valence-corrected chi connectivity index (χ2v) is 6.84. The minimum atomic E-state index is -1.05. The number of carbonyl (C=O) groups is 1. The summed E-state index contributed by atoms with van der Waals surface area (Å²) in [4.78, 5) is 41.6. The van der Waals surface area contributed by atoms with Crippen molar-refractivity contribution in [1.29, 1.82) is 0 Å². The molecule has 0 aromatic heterocycles. The number of hydrogen-bond donors (Lipinski definition) is 0. The number of benzene rings is 1. The number of esters is 1. The lowest BCUT2D eigenvalue weighted by Gasteiger charge is -2.13. The SMILES string of the molecule is CCOC(=O)c1ccccc1SSCCC(CO[N+](=O)[O-])O[N+](=O)[O-]. The molecule has 0 fully saturated rings. The minimum Gasteiger partial charge on any atom is -0.462 e. The van der Waals surface area contributed by atoms with Crippen molar-refractivity contribution in [3.05, 3.63) is 50.1 Å². The summed E-state index contributed by atoms with van der Waals surface area (Å²) in [6.45, 7) is 1.45. The molecule has 25 heavy (non-hydrogen) atoms. The quantitative estimate of drug-likeness (QED) is 0.172. The van der Waals surface area contributed by atoms with Crippen molar-refractivity contribution < 1.29 is 29.4 Å². The lowest BCUT2D eigenvalue weighted by molar-refractivity contribution is -0.790. The Balaban J connectivity index is 2.51. The molecule has 0 radical (unpaired) electrons. The molecule has 0 aliphatic carbocycles. The van der Waals surface area contributed by atoms with Crippen LogP contribution in [-0.2, 0) is 14.4 Å². The number of nitrogens with zero attached hydrogens (tertiary/aromatic N) is 2. The largest absolute Gasteiger partial charge is 0.462 e. The van der Waals surface area contributed by atoms with Gasteiger partial charge in [-0.15, -0.1) is 20.2 Å². The highest BCUT2D eigenvalue weighted by Crippen LogP contribution is 2.34. The van der Waals surface area contributed by atoms with Crippen molar-refractivity contribution in [2.45, 2.75) is 24.3 Å². The van der Waals surface area contributed by atoms with E-state index in [0.29, 0.717) is 16.2 Å². The average Bonchev–Trinajstić information content (AvgIpc) is 2.56. The van der Waals surface area contributed by atoms with Gasteiger partial charge >= 0.3 is 5.97 Å². The molecule has 0 spiro atoms. The van der Waals surface area contributed by atoms with E-state index in [9.17, 15) is 25.0 Å². The Bertz CT molecular complexity index is 601. The molecular formula is C13H16N2O8S2. The molecule has 1 aromatic rings. The normalized spacial score (nSPS) is 11.4. The number of hydrogen-bond acceptors (Lipinski definition) is 10. The zero-order chi connectivity index (χ0) is 18.7. The topological polar surface area (TPSA) is 131 Å². The van der Waals surface area contributed by atoms with Crippen LogP contribution in [0.3, 0.4) is 0 Å². The van der Waals surface area contributed by atoms with Crippen molar-refractivity contribution in [2.75, 3.05) is 19.0 Å². The first kappa shape index (κ1) is 20.8. The molecule has 0 N–H and O–H groups in total. The number of rotatable bonds is 12. The summed E-state index contributed by atoms with van der Waals surface area (Å²) in [5.74, 6) is -0.0401. The third-order valence-electron chi connectivity index (χ3n) is 2.66. The standard InChI is InChI=1S/C13H16N2O8S2/c1-2-21-13(16)11-5-3-4-6-12(11)25-24-8-7-10(23-15(19)20)9-22-14(17)18/h3-6,10H,2,7-9H2,1H3. The predicted octanol–water partition coefficient (Wildman–Crippen LogP) is 2.78. The van der Waals surface area contributed by atoms with E-state index >= 15 is 0 Å². The smallest absolute Gasteiger partial charge is 0.339 e. The maximum absolute atomic E-state index is 11.9. The molecular weight excluding hydrogens is 376 g/mol. The van der Waals surface area contributed by atoms with Crippen molar-refractivity contribution in [3.8, 4) is 0 Å². The Kier molecular flexibility index (Phi) is 9.47. The highest BCUT2D eigenvalue weighted by Gasteiger charge is 2.17. The van der Waals surface area contributed by atoms with Gasteiger partial charge in [0.2, 0.25) is 0 Å². The summed E-state index contributed by atoms with van der Waals surface area (Å²) in [7, 11) is 2.63. The summed E-state index contributed by atoms with van der Waals surface area (Å²) in [6.07, 6.45) is -0.887. The van der Waals surface area contributed by atoms with Gasteiger partial charge in [0.15, 0.2) is 0 Å². The number of ether oxygens (including phenoxy) is 1. The monoisotopic (exact) mass is 392 g/mol. The maximum Gasteiger partial charge on any atom is 0.339 e. The Morgan fingerprint density at radius 3 is 2.60 bits per heavy atom. The van der Waals surface area contributed by atoms with Crippen molar-refractivity contribution in [3.63, 3.8) is 0 Å². The van der Waals surface area contributed by atoms with E-state index in [1.54, 1.807) is 31.2 Å². The van der Waals surface area contributed by atoms with Crippen LogP contribution in [-0.4, -0.2) is 41.2 Å². The molecule has 12 heteroatoms. The fraction of sp³-hybridized carbons (Fsp3) is 0.462. The van der Waals surface area contributed by atoms with Crippen LogP contribution in [0.1, 0.15) is 23.7 Å². The van der Waals surface area contributed by atoms with E-state index in [2.05, 4.69) is 9.68 Å². The molecule has 0 saturated heterocycles. The van der Waals surface area contributed by atoms with Gasteiger partial charge in [-0.1, -0.05) is 33.7 Å². The van der Waals surface area contributed by atoms with Gasteiger partial charge < -0.3 is 14.4 Å². The zero-order valence-corrected chi connectivity index (χ0v) is 14.8. The average molecular weight is 392 g/mol. The summed E-state index contributed by atoms with van der Waals surface area (Å²) in [6, 6.07) is 6.89. The second kappa shape index (κ2) is 11.4. The first-order valence-electron chi connectivity index (χ1n) is 7.08. The Morgan fingerprint density at radius 2 is 1.96 bits per heavy atom. The van der Waals surface area contributed by atoms with E-state index in [1.807, 2.05) is 0 Å². The summed E-state index contributed by atoms with van der Waals surface area (Å²) in [5.41, 5.74) is 0.427. The van der Waals surface area contributed by atoms with Gasteiger partial charge in [0, 0.05) is 10.6 Å². The highest BCUT2D eigenvalue weighted by molar-refractivity contribution is 8.76. The molecule has 1 atom stereocenters. The summed E-state index contributed by atoms with van der Waals surface area (Å²) >= 11 is 0. The van der Waals surface area contributed by atoms with Gasteiger partial charge in [-0.25, -0.2) is 4.79 Å². The van der Waals surface area contributed by atoms with Crippen molar-refractivity contribution in [2.24, 2.45) is 0 Å². The third kappa shape index (κ3) is 8.44. The van der Waals surface area contributed by atoms with Crippen LogP contribution in [0.5, 0.6) is 0 Å². The third-order valence-corrected chi connectivity index (χ3v) is 5.10. The van der Waals surface area contributed by atoms with Gasteiger partial charge in [-0.3, -0.25) is 0 Å². The summed E-state index contributed by atoms with van der Waals surface area (Å²) in [5, 5.41) is 18.5. The van der Waals surface area contributed by atoms with Gasteiger partial charge in [0.05, 0.1) is 12.2 Å². The molecule has 10 nitrogen and oxygen atoms in total. The van der Waals surface area contributed by atoms with E-state index in [0.717, 1.165) is 0 Å². The van der Waals surface area contributed by atoms with Gasteiger partial charge in [-0.2, -0.15) is 0 Å². The van der Waals surface area contributed by atoms with Crippen LogP contribution in [0.4, 0.5) is 0 Å². The van der Waals surface area contributed by atoms with Crippen LogP contribution in [0, 0.1) is 20.2 Å². The van der Waals surface area contributed by atoms with E-state index in [-0.39, 0.29) is 13.0 Å². The van der Waals surface area contributed by atoms with Crippen LogP contribution < -0.4 is 0 Å².